The fraction of sp³-hybridized carbons (Fsp3) is 0.222. The van der Waals surface area contributed by atoms with Gasteiger partial charge in [-0.2, -0.15) is 15.5 Å². The van der Waals surface area contributed by atoms with Crippen LogP contribution in [-0.4, -0.2) is 5.71 Å². The van der Waals surface area contributed by atoms with E-state index in [1.165, 1.54) is 16.7 Å². The highest BCUT2D eigenvalue weighted by Gasteiger charge is 2.44. The second kappa shape index (κ2) is 7.29. The summed E-state index contributed by atoms with van der Waals surface area (Å²) in [5, 5.41) is 18.8. The topological polar surface area (TPSA) is 59.9 Å². The first kappa shape index (κ1) is 18.3. The van der Waals surface area contributed by atoms with Gasteiger partial charge in [-0.25, -0.2) is 0 Å². The maximum absolute atomic E-state index is 9.51. The average Bonchev–Trinajstić information content (AvgIpc) is 2.94. The first-order valence-corrected chi connectivity index (χ1v) is 10.4. The Kier molecular flexibility index (Phi) is 4.46. The molecule has 0 saturated heterocycles. The molecule has 30 heavy (non-hydrogen) atoms. The van der Waals surface area contributed by atoms with Crippen LogP contribution < -0.4 is 0 Å². The smallest absolute Gasteiger partial charge is 0.192 e. The lowest BCUT2D eigenvalue weighted by molar-refractivity contribution is 0.392. The number of aliphatic imine (C=N–C) groups is 1. The first-order valence-electron chi connectivity index (χ1n) is 10.4. The standard InChI is InChI=1S/C27H21N3/c28-17-19-5-3-8-21(13-19)22-10-11-24-16-27(26(30-18-29)25(24)14-22)12-4-9-20-6-1-2-7-23(20)15-27/h1-3,5-8,10-11,13-14H,4,9,12,15-16H2/b30-26+. The molecular formula is C27H21N3. The van der Waals surface area contributed by atoms with Crippen LogP contribution in [0, 0.1) is 28.2 Å². The molecule has 1 atom stereocenters. The van der Waals surface area contributed by atoms with E-state index in [1.807, 2.05) is 24.3 Å². The largest absolute Gasteiger partial charge is 0.205 e. The predicted octanol–water partition coefficient (Wildman–Crippen LogP) is 5.62. The SMILES string of the molecule is N#C/N=C1\c2cc(-c3cccc(C#N)c3)ccc2CC12CCCc1ccccc1C2. The van der Waals surface area contributed by atoms with Crippen LogP contribution in [0.4, 0.5) is 0 Å². The summed E-state index contributed by atoms with van der Waals surface area (Å²) < 4.78 is 0. The number of hydrogen-bond acceptors (Lipinski definition) is 3. The van der Waals surface area contributed by atoms with E-state index in [4.69, 9.17) is 0 Å². The van der Waals surface area contributed by atoms with E-state index in [2.05, 4.69) is 59.7 Å². The molecular weight excluding hydrogens is 366 g/mol. The van der Waals surface area contributed by atoms with Gasteiger partial charge in [0.05, 0.1) is 17.3 Å². The quantitative estimate of drug-likeness (QED) is 0.509. The molecule has 0 radical (unpaired) electrons. The lowest BCUT2D eigenvalue weighted by atomic mass is 9.75. The minimum absolute atomic E-state index is 0.113. The van der Waals surface area contributed by atoms with Gasteiger partial charge in [0.1, 0.15) is 0 Å². The van der Waals surface area contributed by atoms with Gasteiger partial charge in [0.25, 0.3) is 0 Å². The van der Waals surface area contributed by atoms with Crippen molar-refractivity contribution in [2.75, 3.05) is 0 Å². The van der Waals surface area contributed by atoms with Crippen LogP contribution in [0.5, 0.6) is 0 Å². The average molecular weight is 387 g/mol. The number of nitriles is 2. The van der Waals surface area contributed by atoms with Crippen molar-refractivity contribution >= 4 is 5.71 Å². The Morgan fingerprint density at radius 1 is 0.800 bits per heavy atom. The molecule has 3 aromatic carbocycles. The minimum Gasteiger partial charge on any atom is -0.192 e. The van der Waals surface area contributed by atoms with Crippen molar-refractivity contribution in [2.24, 2.45) is 10.4 Å². The van der Waals surface area contributed by atoms with Gasteiger partial charge in [0, 0.05) is 11.0 Å². The van der Waals surface area contributed by atoms with Crippen LogP contribution in [0.25, 0.3) is 11.1 Å². The molecule has 0 amide bonds. The van der Waals surface area contributed by atoms with Gasteiger partial charge in [0.2, 0.25) is 6.19 Å². The highest BCUT2D eigenvalue weighted by atomic mass is 14.8. The second-order valence-electron chi connectivity index (χ2n) is 8.38. The van der Waals surface area contributed by atoms with Gasteiger partial charge in [-0.05, 0) is 78.1 Å². The van der Waals surface area contributed by atoms with Crippen molar-refractivity contribution in [3.63, 3.8) is 0 Å². The van der Waals surface area contributed by atoms with E-state index >= 15 is 0 Å². The first-order chi connectivity index (χ1) is 14.7. The number of benzene rings is 3. The predicted molar refractivity (Wildman–Crippen MR) is 118 cm³/mol. The lowest BCUT2D eigenvalue weighted by Gasteiger charge is -2.28. The Balaban J connectivity index is 1.61. The van der Waals surface area contributed by atoms with Crippen molar-refractivity contribution in [3.8, 4) is 23.4 Å². The molecule has 1 unspecified atom stereocenters. The summed E-state index contributed by atoms with van der Waals surface area (Å²) in [5.41, 5.74) is 8.72. The number of fused-ring (bicyclic) bond motifs is 2. The van der Waals surface area contributed by atoms with Gasteiger partial charge in [0.15, 0.2) is 0 Å². The zero-order chi connectivity index (χ0) is 20.6. The molecule has 3 heteroatoms. The zero-order valence-electron chi connectivity index (χ0n) is 16.7. The van der Waals surface area contributed by atoms with Crippen molar-refractivity contribution < 1.29 is 0 Å². The molecule has 0 N–H and O–H groups in total. The Morgan fingerprint density at radius 2 is 1.60 bits per heavy atom. The molecule has 0 aromatic heterocycles. The number of aryl methyl sites for hydroxylation is 1. The molecule has 3 nitrogen and oxygen atoms in total. The highest BCUT2D eigenvalue weighted by Crippen LogP contribution is 2.46. The van der Waals surface area contributed by atoms with Gasteiger partial charge in [-0.3, -0.25) is 0 Å². The van der Waals surface area contributed by atoms with Crippen LogP contribution in [0.3, 0.4) is 0 Å². The number of nitrogens with zero attached hydrogens (tertiary/aromatic N) is 3. The highest BCUT2D eigenvalue weighted by molar-refractivity contribution is 6.10. The van der Waals surface area contributed by atoms with Crippen LogP contribution in [0.15, 0.2) is 71.7 Å². The molecule has 2 aliphatic rings. The van der Waals surface area contributed by atoms with E-state index in [9.17, 15) is 10.5 Å². The van der Waals surface area contributed by atoms with Crippen molar-refractivity contribution in [1.29, 1.82) is 10.5 Å². The Morgan fingerprint density at radius 3 is 2.43 bits per heavy atom. The molecule has 0 fully saturated rings. The molecule has 2 aliphatic carbocycles. The van der Waals surface area contributed by atoms with Gasteiger partial charge in [-0.15, -0.1) is 0 Å². The molecule has 144 valence electrons. The summed E-state index contributed by atoms with van der Waals surface area (Å²) in [4.78, 5) is 4.39. The van der Waals surface area contributed by atoms with Crippen LogP contribution >= 0.6 is 0 Å². The van der Waals surface area contributed by atoms with Crippen LogP contribution in [-0.2, 0) is 19.3 Å². The molecule has 1 spiro atoms. The normalized spacial score (nSPS) is 20.8. The summed E-state index contributed by atoms with van der Waals surface area (Å²) in [5.74, 6) is 0. The van der Waals surface area contributed by atoms with Gasteiger partial charge in [-0.1, -0.05) is 48.5 Å². The Labute approximate surface area is 176 Å². The van der Waals surface area contributed by atoms with E-state index in [-0.39, 0.29) is 5.41 Å². The van der Waals surface area contributed by atoms with E-state index in [0.717, 1.165) is 54.5 Å². The summed E-state index contributed by atoms with van der Waals surface area (Å²) in [7, 11) is 0. The van der Waals surface area contributed by atoms with Gasteiger partial charge < -0.3 is 0 Å². The molecule has 5 rings (SSSR count). The van der Waals surface area contributed by atoms with Crippen LogP contribution in [0.2, 0.25) is 0 Å². The second-order valence-corrected chi connectivity index (χ2v) is 8.38. The van der Waals surface area contributed by atoms with E-state index < -0.39 is 0 Å². The van der Waals surface area contributed by atoms with Gasteiger partial charge >= 0.3 is 0 Å². The third-order valence-corrected chi connectivity index (χ3v) is 6.63. The zero-order valence-corrected chi connectivity index (χ0v) is 16.7. The van der Waals surface area contributed by atoms with Crippen LogP contribution in [0.1, 0.15) is 40.7 Å². The third kappa shape index (κ3) is 3.00. The molecule has 0 saturated carbocycles. The van der Waals surface area contributed by atoms with Crippen molar-refractivity contribution in [1.82, 2.24) is 0 Å². The fourth-order valence-corrected chi connectivity index (χ4v) is 5.26. The summed E-state index contributed by atoms with van der Waals surface area (Å²) in [6, 6.07) is 25.0. The number of hydrogen-bond donors (Lipinski definition) is 0. The van der Waals surface area contributed by atoms with E-state index in [0.29, 0.717) is 5.56 Å². The third-order valence-electron chi connectivity index (χ3n) is 6.63. The Bertz CT molecular complexity index is 1260. The molecule has 0 aliphatic heterocycles. The molecule has 0 heterocycles. The summed E-state index contributed by atoms with van der Waals surface area (Å²) >= 11 is 0. The monoisotopic (exact) mass is 387 g/mol. The maximum Gasteiger partial charge on any atom is 0.205 e. The fourth-order valence-electron chi connectivity index (χ4n) is 5.26. The summed E-state index contributed by atoms with van der Waals surface area (Å²) in [6.45, 7) is 0. The summed E-state index contributed by atoms with van der Waals surface area (Å²) in [6.07, 6.45) is 7.17. The maximum atomic E-state index is 9.51. The Hall–Kier alpha value is -3.69. The molecule has 0 bridgehead atoms. The van der Waals surface area contributed by atoms with Crippen molar-refractivity contribution in [2.45, 2.75) is 32.1 Å². The minimum atomic E-state index is -0.113. The molecule has 3 aromatic rings. The van der Waals surface area contributed by atoms with E-state index in [1.54, 1.807) is 0 Å². The lowest BCUT2D eigenvalue weighted by Crippen LogP contribution is -2.30. The van der Waals surface area contributed by atoms with Crippen molar-refractivity contribution in [3.05, 3.63) is 94.5 Å². The number of rotatable bonds is 1.